The first-order chi connectivity index (χ1) is 12.2. The van der Waals surface area contributed by atoms with Gasteiger partial charge >= 0.3 is 0 Å². The molecule has 2 N–H and O–H groups in total. The molecule has 4 rings (SSSR count). The number of aromatic amines is 1. The molecular formula is C18H20N4O2S. The van der Waals surface area contributed by atoms with E-state index < -0.39 is 0 Å². The molecule has 1 aliphatic carbocycles. The Hall–Kier alpha value is -2.28. The number of H-pyrrole nitrogens is 1. The van der Waals surface area contributed by atoms with Crippen molar-refractivity contribution >= 4 is 28.6 Å². The standard InChI is InChI=1S/C18H20N4O2S/c1-11(16(23)20-12-6-2-3-7-12)25-18-22-21-17(24-18)14-10-19-15-9-5-4-8-13(14)15/h4-5,8-12,19H,2-3,6-7H2,1H3,(H,20,23)/t11-/m0/s1. The van der Waals surface area contributed by atoms with Crippen LogP contribution in [0.3, 0.4) is 0 Å². The zero-order valence-electron chi connectivity index (χ0n) is 14.0. The van der Waals surface area contributed by atoms with Crippen LogP contribution < -0.4 is 5.32 Å². The summed E-state index contributed by atoms with van der Waals surface area (Å²) in [6.45, 7) is 1.87. The summed E-state index contributed by atoms with van der Waals surface area (Å²) in [5, 5.41) is 12.5. The second-order valence-electron chi connectivity index (χ2n) is 6.37. The molecule has 7 heteroatoms. The molecule has 1 atom stereocenters. The van der Waals surface area contributed by atoms with Crippen LogP contribution in [0.1, 0.15) is 32.6 Å². The largest absolute Gasteiger partial charge is 0.411 e. The molecule has 25 heavy (non-hydrogen) atoms. The Balaban J connectivity index is 1.45. The van der Waals surface area contributed by atoms with Crippen LogP contribution in [-0.4, -0.2) is 32.4 Å². The summed E-state index contributed by atoms with van der Waals surface area (Å²) >= 11 is 1.30. The molecule has 0 radical (unpaired) electrons. The van der Waals surface area contributed by atoms with E-state index in [1.54, 1.807) is 0 Å². The van der Waals surface area contributed by atoms with Crippen molar-refractivity contribution in [2.45, 2.75) is 49.1 Å². The number of para-hydroxylation sites is 1. The van der Waals surface area contributed by atoms with Gasteiger partial charge in [0.15, 0.2) is 0 Å². The van der Waals surface area contributed by atoms with Crippen molar-refractivity contribution in [1.82, 2.24) is 20.5 Å². The minimum absolute atomic E-state index is 0.0312. The Kier molecular flexibility index (Phi) is 4.48. The van der Waals surface area contributed by atoms with Gasteiger partial charge in [-0.15, -0.1) is 10.2 Å². The molecule has 1 aromatic carbocycles. The first-order valence-electron chi connectivity index (χ1n) is 8.58. The highest BCUT2D eigenvalue weighted by Gasteiger charge is 2.23. The van der Waals surface area contributed by atoms with Gasteiger partial charge in [0.25, 0.3) is 11.1 Å². The van der Waals surface area contributed by atoms with Crippen molar-refractivity contribution in [3.05, 3.63) is 30.5 Å². The normalized spacial score (nSPS) is 16.4. The number of thioether (sulfide) groups is 1. The predicted octanol–water partition coefficient (Wildman–Crippen LogP) is 3.76. The van der Waals surface area contributed by atoms with E-state index in [-0.39, 0.29) is 11.2 Å². The van der Waals surface area contributed by atoms with Crippen LogP contribution in [0.4, 0.5) is 0 Å². The summed E-state index contributed by atoms with van der Waals surface area (Å²) in [6, 6.07) is 8.28. The van der Waals surface area contributed by atoms with Gasteiger partial charge in [-0.25, -0.2) is 0 Å². The summed E-state index contributed by atoms with van der Waals surface area (Å²) < 4.78 is 5.77. The summed E-state index contributed by atoms with van der Waals surface area (Å²) in [4.78, 5) is 15.5. The zero-order valence-corrected chi connectivity index (χ0v) is 14.8. The molecule has 1 saturated carbocycles. The summed E-state index contributed by atoms with van der Waals surface area (Å²) in [5.74, 6) is 0.493. The van der Waals surface area contributed by atoms with Gasteiger partial charge in [-0.3, -0.25) is 4.79 Å². The fourth-order valence-corrected chi connectivity index (χ4v) is 3.90. The van der Waals surface area contributed by atoms with E-state index >= 15 is 0 Å². The van der Waals surface area contributed by atoms with E-state index in [1.165, 1.54) is 24.6 Å². The predicted molar refractivity (Wildman–Crippen MR) is 97.3 cm³/mol. The lowest BCUT2D eigenvalue weighted by Gasteiger charge is -2.14. The van der Waals surface area contributed by atoms with Crippen molar-refractivity contribution in [2.75, 3.05) is 0 Å². The summed E-state index contributed by atoms with van der Waals surface area (Å²) in [5.41, 5.74) is 1.90. The first kappa shape index (κ1) is 16.2. The fraction of sp³-hybridized carbons (Fsp3) is 0.389. The Labute approximate surface area is 149 Å². The Morgan fingerprint density at radius 3 is 2.96 bits per heavy atom. The molecule has 0 spiro atoms. The average molecular weight is 356 g/mol. The summed E-state index contributed by atoms with van der Waals surface area (Å²) in [7, 11) is 0. The quantitative estimate of drug-likeness (QED) is 0.680. The molecule has 1 aliphatic rings. The Morgan fingerprint density at radius 2 is 2.12 bits per heavy atom. The molecule has 130 valence electrons. The Morgan fingerprint density at radius 1 is 1.32 bits per heavy atom. The van der Waals surface area contributed by atoms with Crippen LogP contribution in [0, 0.1) is 0 Å². The number of hydrogen-bond acceptors (Lipinski definition) is 5. The highest BCUT2D eigenvalue weighted by Crippen LogP contribution is 2.30. The van der Waals surface area contributed by atoms with Gasteiger partial charge in [0.2, 0.25) is 5.91 Å². The molecule has 0 unspecified atom stereocenters. The molecule has 1 fully saturated rings. The van der Waals surface area contributed by atoms with E-state index in [0.717, 1.165) is 29.3 Å². The first-order valence-corrected chi connectivity index (χ1v) is 9.45. The molecule has 2 aromatic heterocycles. The van der Waals surface area contributed by atoms with Gasteiger partial charge in [0, 0.05) is 23.1 Å². The molecular weight excluding hydrogens is 336 g/mol. The number of nitrogens with one attached hydrogen (secondary N) is 2. The van der Waals surface area contributed by atoms with Crippen molar-refractivity contribution in [1.29, 1.82) is 0 Å². The number of carbonyl (C=O) groups excluding carboxylic acids is 1. The maximum atomic E-state index is 12.3. The van der Waals surface area contributed by atoms with E-state index in [9.17, 15) is 4.79 Å². The van der Waals surface area contributed by atoms with Crippen LogP contribution in [0.5, 0.6) is 0 Å². The van der Waals surface area contributed by atoms with Gasteiger partial charge in [-0.05, 0) is 25.8 Å². The van der Waals surface area contributed by atoms with Crippen LogP contribution in [0.15, 0.2) is 40.1 Å². The van der Waals surface area contributed by atoms with Crippen molar-refractivity contribution in [3.8, 4) is 11.5 Å². The molecule has 0 saturated heterocycles. The van der Waals surface area contributed by atoms with Crippen molar-refractivity contribution in [2.24, 2.45) is 0 Å². The van der Waals surface area contributed by atoms with Gasteiger partial charge in [-0.2, -0.15) is 0 Å². The maximum Gasteiger partial charge on any atom is 0.277 e. The lowest BCUT2D eigenvalue weighted by molar-refractivity contribution is -0.120. The minimum atomic E-state index is -0.267. The van der Waals surface area contributed by atoms with Gasteiger partial charge in [-0.1, -0.05) is 42.8 Å². The van der Waals surface area contributed by atoms with E-state index in [4.69, 9.17) is 4.42 Å². The van der Waals surface area contributed by atoms with Gasteiger partial charge in [0.1, 0.15) is 0 Å². The van der Waals surface area contributed by atoms with Crippen LogP contribution in [-0.2, 0) is 4.79 Å². The van der Waals surface area contributed by atoms with Crippen LogP contribution >= 0.6 is 11.8 Å². The fourth-order valence-electron chi connectivity index (χ4n) is 3.21. The molecule has 6 nitrogen and oxygen atoms in total. The second kappa shape index (κ2) is 6.92. The number of aromatic nitrogens is 3. The number of carbonyl (C=O) groups is 1. The maximum absolute atomic E-state index is 12.3. The number of hydrogen-bond donors (Lipinski definition) is 2. The highest BCUT2D eigenvalue weighted by molar-refractivity contribution is 8.00. The third-order valence-corrected chi connectivity index (χ3v) is 5.51. The number of fused-ring (bicyclic) bond motifs is 1. The average Bonchev–Trinajstić information content (AvgIpc) is 3.34. The number of amides is 1. The highest BCUT2D eigenvalue weighted by atomic mass is 32.2. The zero-order chi connectivity index (χ0) is 17.2. The van der Waals surface area contributed by atoms with E-state index in [1.807, 2.05) is 37.4 Å². The van der Waals surface area contributed by atoms with Crippen LogP contribution in [0.2, 0.25) is 0 Å². The Bertz CT molecular complexity index is 882. The topological polar surface area (TPSA) is 83.8 Å². The summed E-state index contributed by atoms with van der Waals surface area (Å²) in [6.07, 6.45) is 6.42. The van der Waals surface area contributed by atoms with Gasteiger partial charge < -0.3 is 14.7 Å². The molecule has 0 aliphatic heterocycles. The smallest absolute Gasteiger partial charge is 0.277 e. The van der Waals surface area contributed by atoms with E-state index in [0.29, 0.717) is 17.2 Å². The number of nitrogens with zero attached hydrogens (tertiary/aromatic N) is 2. The lowest BCUT2D eigenvalue weighted by atomic mass is 10.2. The molecule has 1 amide bonds. The van der Waals surface area contributed by atoms with Crippen molar-refractivity contribution in [3.63, 3.8) is 0 Å². The number of rotatable bonds is 5. The third kappa shape index (κ3) is 3.42. The second-order valence-corrected chi connectivity index (χ2v) is 7.66. The van der Waals surface area contributed by atoms with Crippen molar-refractivity contribution < 1.29 is 9.21 Å². The molecule has 3 aromatic rings. The third-order valence-electron chi connectivity index (χ3n) is 4.57. The number of benzene rings is 1. The molecule has 0 bridgehead atoms. The van der Waals surface area contributed by atoms with E-state index in [2.05, 4.69) is 20.5 Å². The minimum Gasteiger partial charge on any atom is -0.411 e. The lowest BCUT2D eigenvalue weighted by Crippen LogP contribution is -2.37. The van der Waals surface area contributed by atoms with Gasteiger partial charge in [0.05, 0.1) is 10.8 Å². The van der Waals surface area contributed by atoms with Crippen LogP contribution in [0.25, 0.3) is 22.4 Å². The SMILES string of the molecule is C[C@H](Sc1nnc(-c2c[nH]c3ccccc23)o1)C(=O)NC1CCCC1. The molecule has 2 heterocycles. The monoisotopic (exact) mass is 356 g/mol.